The highest BCUT2D eigenvalue weighted by Gasteiger charge is 2.30. The molecule has 19 heteroatoms. The Morgan fingerprint density at radius 1 is 0.275 bits per heavy atom. The van der Waals surface area contributed by atoms with Crippen LogP contribution in [0.25, 0.3) is 0 Å². The smallest absolute Gasteiger partial charge is 0.462 e. The van der Waals surface area contributed by atoms with E-state index in [1.807, 2.05) is 0 Å². The zero-order valence-corrected chi connectivity index (χ0v) is 69.0. The van der Waals surface area contributed by atoms with E-state index < -0.39 is 97.5 Å². The van der Waals surface area contributed by atoms with Crippen molar-refractivity contribution in [3.05, 3.63) is 0 Å². The van der Waals surface area contributed by atoms with Crippen LogP contribution in [0.3, 0.4) is 0 Å². The molecule has 0 radical (unpaired) electrons. The van der Waals surface area contributed by atoms with E-state index in [2.05, 4.69) is 55.4 Å². The molecule has 0 aliphatic carbocycles. The van der Waals surface area contributed by atoms with Gasteiger partial charge in [-0.05, 0) is 49.4 Å². The SMILES string of the molecule is CCC(C)CCCCCCCCCCCCCCCCC(=O)OC[C@H](COP(=O)(O)OCC(O)COP(=O)(O)OC[C@@H](COC(=O)CCCCCCCCCC(C)C)OC(=O)CCCCCCCCCCCCCCCCCCC(C)C)OC(=O)CCCCCCCCCCCCCCC(C)C. The summed E-state index contributed by atoms with van der Waals surface area (Å²) in [5.74, 6) is 1.03. The Kier molecular flexibility index (Phi) is 70.6. The summed E-state index contributed by atoms with van der Waals surface area (Å²) in [5.41, 5.74) is 0. The van der Waals surface area contributed by atoms with Crippen molar-refractivity contribution in [2.45, 2.75) is 446 Å². The fourth-order valence-corrected chi connectivity index (χ4v) is 14.3. The van der Waals surface area contributed by atoms with E-state index in [-0.39, 0.29) is 25.7 Å². The molecule has 0 bridgehead atoms. The molecule has 0 amide bonds. The van der Waals surface area contributed by atoms with Gasteiger partial charge in [0.05, 0.1) is 26.4 Å². The molecule has 0 saturated carbocycles. The lowest BCUT2D eigenvalue weighted by molar-refractivity contribution is -0.161. The second-order valence-electron chi connectivity index (χ2n) is 31.5. The summed E-state index contributed by atoms with van der Waals surface area (Å²) in [6, 6.07) is 0. The van der Waals surface area contributed by atoms with E-state index in [1.165, 1.54) is 225 Å². The molecule has 17 nitrogen and oxygen atoms in total. The minimum absolute atomic E-state index is 0.107. The van der Waals surface area contributed by atoms with Crippen molar-refractivity contribution in [1.29, 1.82) is 0 Å². The molecule has 0 heterocycles. The van der Waals surface area contributed by atoms with Crippen LogP contribution in [0.4, 0.5) is 0 Å². The van der Waals surface area contributed by atoms with Crippen LogP contribution >= 0.6 is 15.6 Å². The summed E-state index contributed by atoms with van der Waals surface area (Å²) in [7, 11) is -9.93. The van der Waals surface area contributed by atoms with Crippen molar-refractivity contribution < 1.29 is 80.2 Å². The summed E-state index contributed by atoms with van der Waals surface area (Å²) >= 11 is 0. The number of unbranched alkanes of at least 4 members (excludes halogenated alkanes) is 45. The number of phosphoric ester groups is 2. The van der Waals surface area contributed by atoms with E-state index in [0.717, 1.165) is 114 Å². The lowest BCUT2D eigenvalue weighted by Crippen LogP contribution is -2.30. The predicted octanol–water partition coefficient (Wildman–Crippen LogP) is 24.8. The topological polar surface area (TPSA) is 237 Å². The molecule has 0 fully saturated rings. The van der Waals surface area contributed by atoms with E-state index in [0.29, 0.717) is 31.6 Å². The fourth-order valence-electron chi connectivity index (χ4n) is 12.8. The van der Waals surface area contributed by atoms with Gasteiger partial charge in [0.2, 0.25) is 0 Å². The van der Waals surface area contributed by atoms with Crippen molar-refractivity contribution in [3.63, 3.8) is 0 Å². The lowest BCUT2D eigenvalue weighted by Gasteiger charge is -2.21. The monoisotopic (exact) mass is 1490 g/mol. The largest absolute Gasteiger partial charge is 0.472 e. The number of aliphatic hydroxyl groups is 1. The minimum Gasteiger partial charge on any atom is -0.462 e. The summed E-state index contributed by atoms with van der Waals surface area (Å²) in [6.45, 7) is 14.3. The van der Waals surface area contributed by atoms with Gasteiger partial charge in [-0.2, -0.15) is 0 Å². The fraction of sp³-hybridized carbons (Fsp3) is 0.952. The number of hydrogen-bond donors (Lipinski definition) is 3. The summed E-state index contributed by atoms with van der Waals surface area (Å²) in [5, 5.41) is 10.7. The van der Waals surface area contributed by atoms with Gasteiger partial charge in [0.15, 0.2) is 12.2 Å². The number of carbonyl (C=O) groups excluding carboxylic acids is 4. The number of esters is 4. The third kappa shape index (κ3) is 74.9. The third-order valence-electron chi connectivity index (χ3n) is 19.7. The molecule has 6 atom stereocenters. The lowest BCUT2D eigenvalue weighted by atomic mass is 9.99. The molecular weight excluding hydrogens is 1330 g/mol. The number of phosphoric acid groups is 2. The number of hydrogen-bond acceptors (Lipinski definition) is 15. The summed E-state index contributed by atoms with van der Waals surface area (Å²) in [4.78, 5) is 73.1. The van der Waals surface area contributed by atoms with Gasteiger partial charge in [-0.25, -0.2) is 9.13 Å². The van der Waals surface area contributed by atoms with E-state index in [1.54, 1.807) is 0 Å². The molecule has 0 aromatic heterocycles. The number of rotatable bonds is 80. The van der Waals surface area contributed by atoms with Gasteiger partial charge in [0.1, 0.15) is 19.3 Å². The van der Waals surface area contributed by atoms with Crippen LogP contribution < -0.4 is 0 Å². The molecule has 0 aliphatic heterocycles. The highest BCUT2D eigenvalue weighted by atomic mass is 31.2. The van der Waals surface area contributed by atoms with Gasteiger partial charge in [0.25, 0.3) is 0 Å². The Morgan fingerprint density at radius 3 is 0.696 bits per heavy atom. The van der Waals surface area contributed by atoms with Gasteiger partial charge in [0, 0.05) is 25.7 Å². The second kappa shape index (κ2) is 72.0. The molecule has 0 spiro atoms. The average molecular weight is 1490 g/mol. The number of aliphatic hydroxyl groups excluding tert-OH is 1. The minimum atomic E-state index is -4.96. The zero-order valence-electron chi connectivity index (χ0n) is 67.2. The van der Waals surface area contributed by atoms with Crippen LogP contribution in [0.5, 0.6) is 0 Å². The van der Waals surface area contributed by atoms with Crippen molar-refractivity contribution in [2.75, 3.05) is 39.6 Å². The number of ether oxygens (including phenoxy) is 4. The first-order chi connectivity index (χ1) is 49.1. The van der Waals surface area contributed by atoms with Crippen LogP contribution in [-0.2, 0) is 65.4 Å². The van der Waals surface area contributed by atoms with E-state index in [9.17, 15) is 43.2 Å². The van der Waals surface area contributed by atoms with Crippen LogP contribution in [-0.4, -0.2) is 96.7 Å². The maximum absolute atomic E-state index is 13.1. The van der Waals surface area contributed by atoms with Gasteiger partial charge >= 0.3 is 39.5 Å². The highest BCUT2D eigenvalue weighted by molar-refractivity contribution is 7.47. The first-order valence-electron chi connectivity index (χ1n) is 42.7. The van der Waals surface area contributed by atoms with Gasteiger partial charge < -0.3 is 33.8 Å². The predicted molar refractivity (Wildman–Crippen MR) is 418 cm³/mol. The normalized spacial score (nSPS) is 14.3. The Labute approximate surface area is 626 Å². The third-order valence-corrected chi connectivity index (χ3v) is 21.6. The average Bonchev–Trinajstić information content (AvgIpc) is 0.928. The van der Waals surface area contributed by atoms with Crippen LogP contribution in [0.2, 0.25) is 0 Å². The van der Waals surface area contributed by atoms with Crippen LogP contribution in [0, 0.1) is 23.7 Å². The zero-order chi connectivity index (χ0) is 75.3. The standard InChI is InChI=1S/C83H162O17P2/c1-9-76(8)62-54-46-38-30-24-17-14-15-18-25-31-39-47-55-63-80(85)93-69-78(99-83(88)66-58-50-41-33-27-21-20-23-29-36-44-52-60-74(4)5)71-97-101(89,90)95-67-77(84)68-96-102(91,92)98-72-79(70-94-81(86)64-56-48-42-34-37-45-53-61-75(6)7)100-82(87)65-57-49-40-32-26-19-13-11-10-12-16-22-28-35-43-51-59-73(2)3/h73-79,84H,9-72H2,1-8H3,(H,89,90)(H,91,92)/t76?,77?,78-,79-/m1/s1. The Bertz CT molecular complexity index is 1990. The van der Waals surface area contributed by atoms with Crippen molar-refractivity contribution >= 4 is 39.5 Å². The molecule has 0 aliphatic rings. The Morgan fingerprint density at radius 2 is 0.471 bits per heavy atom. The van der Waals surface area contributed by atoms with Crippen molar-refractivity contribution in [1.82, 2.24) is 0 Å². The molecular formula is C83H162O17P2. The molecule has 0 rings (SSSR count). The van der Waals surface area contributed by atoms with Gasteiger partial charge in [-0.1, -0.05) is 376 Å². The Hall–Kier alpha value is -1.94. The second-order valence-corrected chi connectivity index (χ2v) is 34.4. The van der Waals surface area contributed by atoms with E-state index in [4.69, 9.17) is 37.0 Å². The van der Waals surface area contributed by atoms with Crippen LogP contribution in [0.15, 0.2) is 0 Å². The van der Waals surface area contributed by atoms with Crippen molar-refractivity contribution in [2.24, 2.45) is 23.7 Å². The number of carbonyl (C=O) groups is 4. The maximum atomic E-state index is 13.1. The quantitative estimate of drug-likeness (QED) is 0.0222. The molecule has 0 aromatic rings. The van der Waals surface area contributed by atoms with Crippen molar-refractivity contribution in [3.8, 4) is 0 Å². The van der Waals surface area contributed by atoms with Gasteiger partial charge in [-0.3, -0.25) is 37.3 Å². The first kappa shape index (κ1) is 100. The van der Waals surface area contributed by atoms with E-state index >= 15 is 0 Å². The molecule has 3 N–H and O–H groups in total. The highest BCUT2D eigenvalue weighted by Crippen LogP contribution is 2.45. The maximum Gasteiger partial charge on any atom is 0.472 e. The summed E-state index contributed by atoms with van der Waals surface area (Å²) in [6.07, 6.45) is 59.7. The molecule has 0 aromatic carbocycles. The Balaban J connectivity index is 5.23. The molecule has 606 valence electrons. The summed E-state index contributed by atoms with van der Waals surface area (Å²) < 4.78 is 68.8. The molecule has 102 heavy (non-hydrogen) atoms. The molecule has 0 saturated heterocycles. The van der Waals surface area contributed by atoms with Crippen LogP contribution in [0.1, 0.15) is 428 Å². The van der Waals surface area contributed by atoms with Gasteiger partial charge in [-0.15, -0.1) is 0 Å². The first-order valence-corrected chi connectivity index (χ1v) is 45.7. The molecule has 4 unspecified atom stereocenters.